The summed E-state index contributed by atoms with van der Waals surface area (Å²) in [4.78, 5) is 2.55. The van der Waals surface area contributed by atoms with Crippen molar-refractivity contribution in [2.24, 2.45) is 5.73 Å². The summed E-state index contributed by atoms with van der Waals surface area (Å²) in [6.07, 6.45) is 5.21. The van der Waals surface area contributed by atoms with Gasteiger partial charge >= 0.3 is 0 Å². The molecule has 0 aromatic heterocycles. The van der Waals surface area contributed by atoms with Gasteiger partial charge in [-0.25, -0.2) is 0 Å². The SMILES string of the molecule is CCN1CCCC1C1(N)CC1. The summed E-state index contributed by atoms with van der Waals surface area (Å²) in [6.45, 7) is 4.70. The van der Waals surface area contributed by atoms with Gasteiger partial charge in [0.15, 0.2) is 0 Å². The molecule has 0 radical (unpaired) electrons. The molecule has 1 aliphatic heterocycles. The van der Waals surface area contributed by atoms with Crippen LogP contribution in [0, 0.1) is 0 Å². The molecule has 2 N–H and O–H groups in total. The van der Waals surface area contributed by atoms with Gasteiger partial charge in [0.2, 0.25) is 0 Å². The van der Waals surface area contributed by atoms with Gasteiger partial charge in [0, 0.05) is 11.6 Å². The molecule has 2 rings (SSSR count). The quantitative estimate of drug-likeness (QED) is 0.642. The predicted molar refractivity (Wildman–Crippen MR) is 46.4 cm³/mol. The second kappa shape index (κ2) is 2.46. The second-order valence-electron chi connectivity index (χ2n) is 4.02. The highest BCUT2D eigenvalue weighted by Gasteiger charge is 2.49. The zero-order chi connectivity index (χ0) is 7.90. The largest absolute Gasteiger partial charge is 0.324 e. The molecule has 1 saturated heterocycles. The molecular weight excluding hydrogens is 136 g/mol. The molecule has 1 unspecified atom stereocenters. The highest BCUT2D eigenvalue weighted by Crippen LogP contribution is 2.42. The minimum atomic E-state index is 0.229. The Hall–Kier alpha value is -0.0800. The van der Waals surface area contributed by atoms with Crippen LogP contribution in [0.4, 0.5) is 0 Å². The Kier molecular flexibility index (Phi) is 1.69. The molecule has 1 aliphatic carbocycles. The molecule has 1 saturated carbocycles. The molecule has 0 aromatic rings. The van der Waals surface area contributed by atoms with Gasteiger partial charge in [0.05, 0.1) is 0 Å². The summed E-state index contributed by atoms with van der Waals surface area (Å²) < 4.78 is 0. The van der Waals surface area contributed by atoms with E-state index >= 15 is 0 Å². The summed E-state index contributed by atoms with van der Waals surface area (Å²) in [5.74, 6) is 0. The van der Waals surface area contributed by atoms with E-state index in [0.29, 0.717) is 6.04 Å². The second-order valence-corrected chi connectivity index (χ2v) is 4.02. The van der Waals surface area contributed by atoms with Crippen LogP contribution in [0.15, 0.2) is 0 Å². The van der Waals surface area contributed by atoms with E-state index < -0.39 is 0 Å². The molecule has 2 heteroatoms. The molecule has 11 heavy (non-hydrogen) atoms. The third-order valence-electron chi connectivity index (χ3n) is 3.26. The standard InChI is InChI=1S/C9H18N2/c1-2-11-7-3-4-8(11)9(10)5-6-9/h8H,2-7,10H2,1H3. The Labute approximate surface area is 68.7 Å². The van der Waals surface area contributed by atoms with Crippen molar-refractivity contribution >= 4 is 0 Å². The number of rotatable bonds is 2. The lowest BCUT2D eigenvalue weighted by molar-refractivity contribution is 0.225. The average Bonchev–Trinajstić information content (AvgIpc) is 2.61. The Morgan fingerprint density at radius 3 is 2.82 bits per heavy atom. The van der Waals surface area contributed by atoms with E-state index in [9.17, 15) is 0 Å². The Bertz CT molecular complexity index is 152. The topological polar surface area (TPSA) is 29.3 Å². The number of hydrogen-bond donors (Lipinski definition) is 1. The Morgan fingerprint density at radius 1 is 1.55 bits per heavy atom. The summed E-state index contributed by atoms with van der Waals surface area (Å²) in [5.41, 5.74) is 6.40. The summed E-state index contributed by atoms with van der Waals surface area (Å²) in [5, 5.41) is 0. The van der Waals surface area contributed by atoms with Crippen LogP contribution in [-0.2, 0) is 0 Å². The van der Waals surface area contributed by atoms with Gasteiger partial charge in [-0.3, -0.25) is 4.90 Å². The molecule has 0 aromatic carbocycles. The predicted octanol–water partition coefficient (Wildman–Crippen LogP) is 0.962. The minimum Gasteiger partial charge on any atom is -0.324 e. The van der Waals surface area contributed by atoms with Crippen LogP contribution in [0.5, 0.6) is 0 Å². The van der Waals surface area contributed by atoms with Crippen molar-refractivity contribution in [1.29, 1.82) is 0 Å². The summed E-state index contributed by atoms with van der Waals surface area (Å²) >= 11 is 0. The smallest absolute Gasteiger partial charge is 0.0313 e. The van der Waals surface area contributed by atoms with Crippen LogP contribution in [0.1, 0.15) is 32.6 Å². The fourth-order valence-corrected chi connectivity index (χ4v) is 2.33. The fraction of sp³-hybridized carbons (Fsp3) is 1.00. The number of likely N-dealkylation sites (tertiary alicyclic amines) is 1. The molecule has 2 fully saturated rings. The summed E-state index contributed by atoms with van der Waals surface area (Å²) in [7, 11) is 0. The highest BCUT2D eigenvalue weighted by molar-refractivity contribution is 5.09. The maximum atomic E-state index is 6.18. The van der Waals surface area contributed by atoms with Crippen molar-refractivity contribution in [1.82, 2.24) is 4.90 Å². The molecule has 0 bridgehead atoms. The van der Waals surface area contributed by atoms with Gasteiger partial charge < -0.3 is 5.73 Å². The van der Waals surface area contributed by atoms with E-state index in [0.717, 1.165) is 0 Å². The first kappa shape index (κ1) is 7.56. The van der Waals surface area contributed by atoms with Crippen molar-refractivity contribution in [3.05, 3.63) is 0 Å². The third-order valence-corrected chi connectivity index (χ3v) is 3.26. The monoisotopic (exact) mass is 154 g/mol. The fourth-order valence-electron chi connectivity index (χ4n) is 2.33. The Balaban J connectivity index is 2.01. The van der Waals surface area contributed by atoms with Crippen LogP contribution in [0.25, 0.3) is 0 Å². The molecule has 0 spiro atoms. The molecule has 0 amide bonds. The molecule has 2 nitrogen and oxygen atoms in total. The van der Waals surface area contributed by atoms with E-state index in [2.05, 4.69) is 11.8 Å². The maximum Gasteiger partial charge on any atom is 0.0313 e. The first-order valence-corrected chi connectivity index (χ1v) is 4.79. The number of hydrogen-bond acceptors (Lipinski definition) is 2. The van der Waals surface area contributed by atoms with E-state index in [1.807, 2.05) is 0 Å². The minimum absolute atomic E-state index is 0.229. The third kappa shape index (κ3) is 1.18. The van der Waals surface area contributed by atoms with Crippen molar-refractivity contribution in [2.75, 3.05) is 13.1 Å². The normalized spacial score (nSPS) is 36.0. The van der Waals surface area contributed by atoms with Gasteiger partial charge in [-0.1, -0.05) is 6.92 Å². The first-order valence-electron chi connectivity index (χ1n) is 4.79. The van der Waals surface area contributed by atoms with Crippen molar-refractivity contribution in [3.8, 4) is 0 Å². The van der Waals surface area contributed by atoms with Crippen LogP contribution in [-0.4, -0.2) is 29.6 Å². The maximum absolute atomic E-state index is 6.18. The molecule has 64 valence electrons. The molecular formula is C9H18N2. The van der Waals surface area contributed by atoms with Crippen molar-refractivity contribution in [2.45, 2.75) is 44.2 Å². The van der Waals surface area contributed by atoms with Crippen molar-refractivity contribution < 1.29 is 0 Å². The van der Waals surface area contributed by atoms with Gasteiger partial charge in [0.1, 0.15) is 0 Å². The van der Waals surface area contributed by atoms with Crippen LogP contribution in [0.2, 0.25) is 0 Å². The van der Waals surface area contributed by atoms with Gasteiger partial charge in [-0.2, -0.15) is 0 Å². The lowest BCUT2D eigenvalue weighted by Crippen LogP contribution is -2.45. The molecule has 2 aliphatic rings. The van der Waals surface area contributed by atoms with Crippen LogP contribution < -0.4 is 5.73 Å². The number of likely N-dealkylation sites (N-methyl/N-ethyl adjacent to an activating group) is 1. The van der Waals surface area contributed by atoms with E-state index in [1.54, 1.807) is 0 Å². The van der Waals surface area contributed by atoms with Gasteiger partial charge in [0.25, 0.3) is 0 Å². The summed E-state index contributed by atoms with van der Waals surface area (Å²) in [6, 6.07) is 0.715. The van der Waals surface area contributed by atoms with Crippen molar-refractivity contribution in [3.63, 3.8) is 0 Å². The van der Waals surface area contributed by atoms with Crippen LogP contribution >= 0.6 is 0 Å². The van der Waals surface area contributed by atoms with E-state index in [4.69, 9.17) is 5.73 Å². The lowest BCUT2D eigenvalue weighted by Gasteiger charge is -2.28. The van der Waals surface area contributed by atoms with E-state index in [-0.39, 0.29) is 5.54 Å². The Morgan fingerprint density at radius 2 is 2.27 bits per heavy atom. The number of nitrogens with two attached hydrogens (primary N) is 1. The van der Waals surface area contributed by atoms with Gasteiger partial charge in [-0.15, -0.1) is 0 Å². The highest BCUT2D eigenvalue weighted by atomic mass is 15.2. The lowest BCUT2D eigenvalue weighted by atomic mass is 10.0. The van der Waals surface area contributed by atoms with E-state index in [1.165, 1.54) is 38.8 Å². The van der Waals surface area contributed by atoms with Crippen LogP contribution in [0.3, 0.4) is 0 Å². The zero-order valence-corrected chi connectivity index (χ0v) is 7.34. The number of nitrogens with zero attached hydrogens (tertiary/aromatic N) is 1. The molecule has 1 atom stereocenters. The molecule has 1 heterocycles. The average molecular weight is 154 g/mol. The first-order chi connectivity index (χ1) is 5.26. The zero-order valence-electron chi connectivity index (χ0n) is 7.34. The van der Waals surface area contributed by atoms with Gasteiger partial charge in [-0.05, 0) is 38.8 Å².